The highest BCUT2D eigenvalue weighted by atomic mass is 32.1. The van der Waals surface area contributed by atoms with Gasteiger partial charge in [-0.2, -0.15) is 24.5 Å². The molecule has 0 aromatic carbocycles. The minimum absolute atomic E-state index is 0.170. The van der Waals surface area contributed by atoms with E-state index >= 15 is 0 Å². The van der Waals surface area contributed by atoms with Crippen molar-refractivity contribution in [3.05, 3.63) is 22.4 Å². The highest BCUT2D eigenvalue weighted by Crippen LogP contribution is 2.34. The van der Waals surface area contributed by atoms with E-state index < -0.39 is 18.5 Å². The van der Waals surface area contributed by atoms with Gasteiger partial charge in [-0.25, -0.2) is 0 Å². The largest absolute Gasteiger partial charge is 0.397 e. The minimum atomic E-state index is -4.42. The number of thiophene rings is 1. The van der Waals surface area contributed by atoms with Gasteiger partial charge in [0.05, 0.1) is 6.04 Å². The van der Waals surface area contributed by atoms with Gasteiger partial charge in [-0.1, -0.05) is 0 Å². The second-order valence-corrected chi connectivity index (χ2v) is 4.87. The van der Waals surface area contributed by atoms with Crippen LogP contribution in [0.2, 0.25) is 0 Å². The van der Waals surface area contributed by atoms with Gasteiger partial charge in [-0.15, -0.1) is 0 Å². The highest BCUT2D eigenvalue weighted by molar-refractivity contribution is 7.07. The second kappa shape index (κ2) is 4.68. The average Bonchev–Trinajstić information content (AvgIpc) is 2.85. The number of carbonyl (C=O) groups is 1. The van der Waals surface area contributed by atoms with E-state index in [1.807, 2.05) is 16.8 Å². The monoisotopic (exact) mass is 263 g/mol. The van der Waals surface area contributed by atoms with Gasteiger partial charge in [-0.05, 0) is 35.2 Å². The van der Waals surface area contributed by atoms with Crippen LogP contribution >= 0.6 is 11.3 Å². The molecule has 1 saturated heterocycles. The molecule has 0 spiro atoms. The summed E-state index contributed by atoms with van der Waals surface area (Å²) in [6.07, 6.45) is -4.25. The van der Waals surface area contributed by atoms with Gasteiger partial charge < -0.3 is 4.90 Å². The third kappa shape index (κ3) is 3.00. The quantitative estimate of drug-likeness (QED) is 0.801. The summed E-state index contributed by atoms with van der Waals surface area (Å²) in [5.74, 6) is -0.814. The van der Waals surface area contributed by atoms with Crippen LogP contribution in [0, 0.1) is 0 Å². The molecule has 1 amide bonds. The van der Waals surface area contributed by atoms with Crippen LogP contribution in [0.25, 0.3) is 0 Å². The number of hydrogen-bond donors (Lipinski definition) is 0. The Bertz CT molecular complexity index is 388. The third-order valence-corrected chi connectivity index (χ3v) is 3.55. The summed E-state index contributed by atoms with van der Waals surface area (Å²) in [5, 5.41) is 3.77. The van der Waals surface area contributed by atoms with E-state index in [-0.39, 0.29) is 6.04 Å². The van der Waals surface area contributed by atoms with Crippen molar-refractivity contribution in [2.24, 2.45) is 0 Å². The molecule has 0 unspecified atom stereocenters. The molecule has 1 aromatic heterocycles. The number of halogens is 3. The molecule has 0 radical (unpaired) electrons. The van der Waals surface area contributed by atoms with Crippen molar-refractivity contribution >= 4 is 17.2 Å². The molecule has 2 rings (SSSR count). The molecule has 0 aliphatic carbocycles. The van der Waals surface area contributed by atoms with Crippen molar-refractivity contribution in [2.75, 3.05) is 6.54 Å². The van der Waals surface area contributed by atoms with E-state index in [9.17, 15) is 18.0 Å². The fourth-order valence-electron chi connectivity index (χ4n) is 2.15. The molecule has 1 aromatic rings. The molecule has 0 saturated carbocycles. The zero-order valence-corrected chi connectivity index (χ0v) is 9.85. The molecule has 94 valence electrons. The predicted octanol–water partition coefficient (Wildman–Crippen LogP) is 3.36. The molecule has 17 heavy (non-hydrogen) atoms. The fraction of sp³-hybridized carbons (Fsp3) is 0.545. The van der Waals surface area contributed by atoms with Crippen molar-refractivity contribution in [1.82, 2.24) is 4.90 Å². The van der Waals surface area contributed by atoms with Crippen LogP contribution in [0.4, 0.5) is 13.2 Å². The lowest BCUT2D eigenvalue weighted by atomic mass is 10.1. The molecule has 1 aliphatic heterocycles. The Labute approximate surface area is 101 Å². The first-order chi connectivity index (χ1) is 7.97. The van der Waals surface area contributed by atoms with Gasteiger partial charge in [-0.3, -0.25) is 4.79 Å². The van der Waals surface area contributed by atoms with Crippen LogP contribution in [0.15, 0.2) is 16.8 Å². The Morgan fingerprint density at radius 1 is 1.53 bits per heavy atom. The lowest BCUT2D eigenvalue weighted by Gasteiger charge is -2.24. The van der Waals surface area contributed by atoms with Crippen LogP contribution in [-0.4, -0.2) is 23.5 Å². The number of hydrogen-bond acceptors (Lipinski definition) is 2. The molecular weight excluding hydrogens is 251 g/mol. The summed E-state index contributed by atoms with van der Waals surface area (Å²) in [6.45, 7) is 0.426. The summed E-state index contributed by atoms with van der Waals surface area (Å²) in [4.78, 5) is 12.9. The van der Waals surface area contributed by atoms with Crippen LogP contribution in [0.5, 0.6) is 0 Å². The van der Waals surface area contributed by atoms with Gasteiger partial charge in [0, 0.05) is 6.54 Å². The first kappa shape index (κ1) is 12.4. The molecule has 0 bridgehead atoms. The van der Waals surface area contributed by atoms with Crippen LogP contribution in [0.3, 0.4) is 0 Å². The van der Waals surface area contributed by atoms with Crippen molar-refractivity contribution in [1.29, 1.82) is 0 Å². The summed E-state index contributed by atoms with van der Waals surface area (Å²) >= 11 is 1.49. The zero-order valence-electron chi connectivity index (χ0n) is 9.04. The van der Waals surface area contributed by atoms with E-state index in [0.717, 1.165) is 18.4 Å². The Balaban J connectivity index is 2.07. The number of alkyl halides is 3. The maximum atomic E-state index is 12.2. The molecule has 2 nitrogen and oxygen atoms in total. The number of nitrogens with zero attached hydrogens (tertiary/aromatic N) is 1. The topological polar surface area (TPSA) is 20.3 Å². The lowest BCUT2D eigenvalue weighted by molar-refractivity contribution is -0.162. The number of rotatable bonds is 2. The molecular formula is C11H12F3NOS. The Hall–Kier alpha value is -1.04. The van der Waals surface area contributed by atoms with Crippen LogP contribution in [-0.2, 0) is 4.79 Å². The van der Waals surface area contributed by atoms with Gasteiger partial charge in [0.25, 0.3) is 0 Å². The summed E-state index contributed by atoms with van der Waals surface area (Å²) in [7, 11) is 0. The van der Waals surface area contributed by atoms with Crippen LogP contribution < -0.4 is 0 Å². The van der Waals surface area contributed by atoms with E-state index in [2.05, 4.69) is 0 Å². The Morgan fingerprint density at radius 3 is 2.88 bits per heavy atom. The normalized spacial score (nSPS) is 20.9. The number of likely N-dealkylation sites (tertiary alicyclic amines) is 1. The summed E-state index contributed by atoms with van der Waals surface area (Å²) < 4.78 is 36.6. The molecule has 2 heterocycles. The van der Waals surface area contributed by atoms with E-state index in [1.54, 1.807) is 0 Å². The summed E-state index contributed by atoms with van der Waals surface area (Å²) in [5.41, 5.74) is 0.947. The molecule has 6 heteroatoms. The average molecular weight is 263 g/mol. The van der Waals surface area contributed by atoms with Gasteiger partial charge in [0.1, 0.15) is 6.42 Å². The molecule has 0 N–H and O–H groups in total. The van der Waals surface area contributed by atoms with E-state index in [0.29, 0.717) is 6.54 Å². The maximum absolute atomic E-state index is 12.2. The van der Waals surface area contributed by atoms with Crippen molar-refractivity contribution in [3.63, 3.8) is 0 Å². The molecule has 1 atom stereocenters. The lowest BCUT2D eigenvalue weighted by Crippen LogP contribution is -2.33. The highest BCUT2D eigenvalue weighted by Gasteiger charge is 2.37. The van der Waals surface area contributed by atoms with E-state index in [4.69, 9.17) is 0 Å². The summed E-state index contributed by atoms with van der Waals surface area (Å²) in [6, 6.07) is 1.70. The smallest absolute Gasteiger partial charge is 0.335 e. The van der Waals surface area contributed by atoms with Crippen LogP contribution in [0.1, 0.15) is 30.9 Å². The Kier molecular flexibility index (Phi) is 3.42. The second-order valence-electron chi connectivity index (χ2n) is 4.09. The van der Waals surface area contributed by atoms with Gasteiger partial charge >= 0.3 is 6.18 Å². The predicted molar refractivity (Wildman–Crippen MR) is 58.7 cm³/mol. The van der Waals surface area contributed by atoms with Gasteiger partial charge in [0.15, 0.2) is 0 Å². The first-order valence-electron chi connectivity index (χ1n) is 5.36. The molecule has 1 aliphatic rings. The van der Waals surface area contributed by atoms with Gasteiger partial charge in [0.2, 0.25) is 5.91 Å². The SMILES string of the molecule is O=C(CC(F)(F)F)N1CCC[C@H]1c1ccsc1. The fourth-order valence-corrected chi connectivity index (χ4v) is 2.86. The number of amides is 1. The third-order valence-electron chi connectivity index (χ3n) is 2.85. The zero-order chi connectivity index (χ0) is 12.5. The standard InChI is InChI=1S/C11H12F3NOS/c12-11(13,14)6-10(16)15-4-1-2-9(15)8-3-5-17-7-8/h3,5,7,9H,1-2,4,6H2/t9-/m0/s1. The number of carbonyl (C=O) groups excluding carboxylic acids is 1. The minimum Gasteiger partial charge on any atom is -0.335 e. The van der Waals surface area contributed by atoms with Crippen molar-refractivity contribution in [3.8, 4) is 0 Å². The van der Waals surface area contributed by atoms with E-state index in [1.165, 1.54) is 16.2 Å². The maximum Gasteiger partial charge on any atom is 0.397 e. The Morgan fingerprint density at radius 2 is 2.29 bits per heavy atom. The van der Waals surface area contributed by atoms with Crippen molar-refractivity contribution in [2.45, 2.75) is 31.5 Å². The first-order valence-corrected chi connectivity index (χ1v) is 6.30. The van der Waals surface area contributed by atoms with Crippen molar-refractivity contribution < 1.29 is 18.0 Å². The molecule has 1 fully saturated rings.